The van der Waals surface area contributed by atoms with Crippen LogP contribution in [-0.2, 0) is 14.3 Å². The van der Waals surface area contributed by atoms with Crippen LogP contribution >= 0.6 is 11.6 Å². The summed E-state index contributed by atoms with van der Waals surface area (Å²) in [7, 11) is -2.66. The van der Waals surface area contributed by atoms with Gasteiger partial charge in [0.2, 0.25) is 5.88 Å². The predicted molar refractivity (Wildman–Crippen MR) is 126 cm³/mol. The topological polar surface area (TPSA) is 90.7 Å². The minimum absolute atomic E-state index is 0.0293. The fourth-order valence-corrected chi connectivity index (χ4v) is 4.95. The first kappa shape index (κ1) is 24.2. The quantitative estimate of drug-likeness (QED) is 0.280. The number of aromatic nitrogens is 2. The van der Waals surface area contributed by atoms with Gasteiger partial charge in [-0.15, -0.1) is 0 Å². The Labute approximate surface area is 201 Å². The Bertz CT molecular complexity index is 1420. The molecule has 4 rings (SSSR count). The minimum Gasteiger partial charge on any atom is -0.481 e. The maximum absolute atomic E-state index is 14.1. The summed E-state index contributed by atoms with van der Waals surface area (Å²) in [6.45, 7) is 1.26. The van der Waals surface area contributed by atoms with Crippen molar-refractivity contribution in [2.24, 2.45) is 0 Å². The van der Waals surface area contributed by atoms with Gasteiger partial charge in [-0.2, -0.15) is 13.4 Å². The van der Waals surface area contributed by atoms with Crippen molar-refractivity contribution in [2.75, 3.05) is 13.7 Å². The molecule has 2 aromatic heterocycles. The van der Waals surface area contributed by atoms with Crippen LogP contribution in [0, 0.1) is 12.7 Å². The molecule has 0 amide bonds. The van der Waals surface area contributed by atoms with E-state index < -0.39 is 34.7 Å². The molecule has 4 aromatic rings. The van der Waals surface area contributed by atoms with E-state index in [4.69, 9.17) is 20.5 Å². The molecule has 0 aliphatic rings. The fraction of sp³-hybridized carbons (Fsp3) is 0.208. The van der Waals surface area contributed by atoms with Gasteiger partial charge in [-0.3, -0.25) is 4.18 Å². The molecule has 178 valence electrons. The second-order valence-electron chi connectivity index (χ2n) is 7.74. The van der Waals surface area contributed by atoms with Gasteiger partial charge in [0.1, 0.15) is 11.9 Å². The van der Waals surface area contributed by atoms with E-state index in [1.54, 1.807) is 41.1 Å². The summed E-state index contributed by atoms with van der Waals surface area (Å²) >= 11 is 6.40. The van der Waals surface area contributed by atoms with E-state index in [2.05, 4.69) is 4.98 Å². The summed E-state index contributed by atoms with van der Waals surface area (Å²) in [4.78, 5) is 4.15. The molecule has 10 heteroatoms. The van der Waals surface area contributed by atoms with E-state index in [-0.39, 0.29) is 10.0 Å². The van der Waals surface area contributed by atoms with Gasteiger partial charge < -0.3 is 14.4 Å². The average molecular weight is 505 g/mol. The molecular weight excluding hydrogens is 483 g/mol. The van der Waals surface area contributed by atoms with Crippen molar-refractivity contribution < 1.29 is 26.8 Å². The third-order valence-electron chi connectivity index (χ3n) is 5.40. The second-order valence-corrected chi connectivity index (χ2v) is 9.71. The zero-order chi connectivity index (χ0) is 24.5. The first-order valence-corrected chi connectivity index (χ1v) is 12.1. The van der Waals surface area contributed by atoms with E-state index in [9.17, 15) is 17.9 Å². The number of benzene rings is 2. The Kier molecular flexibility index (Phi) is 6.90. The lowest BCUT2D eigenvalue weighted by Gasteiger charge is -2.26. The van der Waals surface area contributed by atoms with Crippen molar-refractivity contribution in [3.05, 3.63) is 89.0 Å². The number of halogens is 2. The number of methoxy groups -OCH3 is 1. The molecule has 7 nitrogen and oxygen atoms in total. The van der Waals surface area contributed by atoms with E-state index in [1.807, 2.05) is 6.92 Å². The highest BCUT2D eigenvalue weighted by atomic mass is 35.5. The van der Waals surface area contributed by atoms with Crippen LogP contribution in [0.4, 0.5) is 4.39 Å². The van der Waals surface area contributed by atoms with Gasteiger partial charge in [-0.1, -0.05) is 41.4 Å². The minimum atomic E-state index is -4.12. The maximum Gasteiger partial charge on any atom is 0.297 e. The molecular formula is C24H22ClFN2O5S. The van der Waals surface area contributed by atoms with Gasteiger partial charge in [-0.25, -0.2) is 4.39 Å². The van der Waals surface area contributed by atoms with Crippen molar-refractivity contribution in [1.29, 1.82) is 0 Å². The van der Waals surface area contributed by atoms with Crippen LogP contribution in [0.1, 0.15) is 17.2 Å². The summed E-state index contributed by atoms with van der Waals surface area (Å²) in [6, 6.07) is 14.3. The lowest BCUT2D eigenvalue weighted by atomic mass is 10.0. The van der Waals surface area contributed by atoms with Crippen LogP contribution < -0.4 is 4.74 Å². The van der Waals surface area contributed by atoms with Crippen molar-refractivity contribution in [2.45, 2.75) is 24.0 Å². The number of pyridine rings is 1. The number of fused-ring (bicyclic) bond motifs is 1. The normalized spacial score (nSPS) is 13.7. The van der Waals surface area contributed by atoms with E-state index in [0.717, 1.165) is 5.56 Å². The maximum atomic E-state index is 14.1. The van der Waals surface area contributed by atoms with E-state index in [1.165, 1.54) is 37.4 Å². The molecule has 2 heterocycles. The molecule has 0 spiro atoms. The van der Waals surface area contributed by atoms with Crippen LogP contribution in [0.15, 0.2) is 71.8 Å². The number of aliphatic hydroxyl groups is 1. The number of hydrogen-bond donors (Lipinski definition) is 1. The first-order chi connectivity index (χ1) is 16.2. The molecule has 0 saturated heterocycles. The molecule has 0 aliphatic heterocycles. The lowest BCUT2D eigenvalue weighted by molar-refractivity contribution is 0.0784. The fourth-order valence-electron chi connectivity index (χ4n) is 3.74. The van der Waals surface area contributed by atoms with E-state index in [0.29, 0.717) is 22.3 Å². The van der Waals surface area contributed by atoms with Crippen LogP contribution in [-0.4, -0.2) is 42.9 Å². The molecule has 0 fully saturated rings. The number of rotatable bonds is 8. The summed E-state index contributed by atoms with van der Waals surface area (Å²) in [5.41, 5.74) is 1.76. The zero-order valence-electron chi connectivity index (χ0n) is 18.4. The Morgan fingerprint density at radius 3 is 2.56 bits per heavy atom. The van der Waals surface area contributed by atoms with Crippen molar-refractivity contribution >= 4 is 32.6 Å². The zero-order valence-corrected chi connectivity index (χ0v) is 19.9. The standard InChI is InChI=1S/C24H22ClFN2O5S/c1-15-6-8-19(9-7-15)34(30,31)33-14-20(29)22(16-4-3-5-18(26)12-16)28-11-10-17-13-21(32-2)27-24(25)23(17)28/h3-13,20,22,29H,14H2,1-2H3. The average Bonchev–Trinajstić information content (AvgIpc) is 3.22. The SMILES string of the molecule is COc1cc2ccn(C(c3cccc(F)c3)C(O)COS(=O)(=O)c3ccc(C)cc3)c2c(Cl)n1. The molecule has 0 aliphatic carbocycles. The Balaban J connectivity index is 1.71. The van der Waals surface area contributed by atoms with Crippen molar-refractivity contribution in [3.8, 4) is 5.88 Å². The number of nitrogens with zero attached hydrogens (tertiary/aromatic N) is 2. The summed E-state index contributed by atoms with van der Waals surface area (Å²) in [5, 5.41) is 11.9. The number of aliphatic hydroxyl groups excluding tert-OH is 1. The van der Waals surface area contributed by atoms with Crippen LogP contribution in [0.5, 0.6) is 5.88 Å². The summed E-state index contributed by atoms with van der Waals surface area (Å²) < 4.78 is 51.3. The number of aryl methyl sites for hydroxylation is 1. The second kappa shape index (κ2) is 9.71. The third-order valence-corrected chi connectivity index (χ3v) is 6.96. The first-order valence-electron chi connectivity index (χ1n) is 10.3. The van der Waals surface area contributed by atoms with Crippen LogP contribution in [0.2, 0.25) is 5.15 Å². The van der Waals surface area contributed by atoms with Gasteiger partial charge in [0.05, 0.1) is 30.2 Å². The largest absolute Gasteiger partial charge is 0.481 e. The molecule has 1 N–H and O–H groups in total. The summed E-state index contributed by atoms with van der Waals surface area (Å²) in [6.07, 6.45) is 0.279. The van der Waals surface area contributed by atoms with Gasteiger partial charge in [0, 0.05) is 17.6 Å². The van der Waals surface area contributed by atoms with Gasteiger partial charge in [0.15, 0.2) is 5.15 Å². The van der Waals surface area contributed by atoms with Gasteiger partial charge in [-0.05, 0) is 42.8 Å². The number of hydrogen-bond acceptors (Lipinski definition) is 6. The van der Waals surface area contributed by atoms with Crippen LogP contribution in [0.25, 0.3) is 10.9 Å². The molecule has 2 aromatic carbocycles. The molecule has 2 atom stereocenters. The highest BCUT2D eigenvalue weighted by Gasteiger charge is 2.28. The lowest BCUT2D eigenvalue weighted by Crippen LogP contribution is -2.30. The van der Waals surface area contributed by atoms with Crippen molar-refractivity contribution in [1.82, 2.24) is 9.55 Å². The Morgan fingerprint density at radius 1 is 1.15 bits per heavy atom. The Morgan fingerprint density at radius 2 is 1.88 bits per heavy atom. The monoisotopic (exact) mass is 504 g/mol. The van der Waals surface area contributed by atoms with Gasteiger partial charge in [0.25, 0.3) is 10.1 Å². The molecule has 2 unspecified atom stereocenters. The van der Waals surface area contributed by atoms with Crippen molar-refractivity contribution in [3.63, 3.8) is 0 Å². The highest BCUT2D eigenvalue weighted by molar-refractivity contribution is 7.86. The van der Waals surface area contributed by atoms with E-state index >= 15 is 0 Å². The molecule has 0 bridgehead atoms. The third kappa shape index (κ3) is 4.92. The van der Waals surface area contributed by atoms with Gasteiger partial charge >= 0.3 is 0 Å². The smallest absolute Gasteiger partial charge is 0.297 e. The predicted octanol–water partition coefficient (Wildman–Crippen LogP) is 4.50. The van der Waals surface area contributed by atoms with Crippen LogP contribution in [0.3, 0.4) is 0 Å². The molecule has 34 heavy (non-hydrogen) atoms. The molecule has 0 radical (unpaired) electrons. The number of ether oxygens (including phenoxy) is 1. The Hall–Kier alpha value is -2.98. The molecule has 0 saturated carbocycles. The summed E-state index contributed by atoms with van der Waals surface area (Å²) in [5.74, 6) is -0.198. The highest BCUT2D eigenvalue weighted by Crippen LogP contribution is 2.33.